The third-order valence-corrected chi connectivity index (χ3v) is 5.21. The zero-order valence-corrected chi connectivity index (χ0v) is 16.9. The first kappa shape index (κ1) is 20.9. The fourth-order valence-electron chi connectivity index (χ4n) is 3.48. The number of ether oxygens (including phenoxy) is 1. The van der Waals surface area contributed by atoms with Gasteiger partial charge in [-0.3, -0.25) is 30.3 Å². The predicted molar refractivity (Wildman–Crippen MR) is 115 cm³/mol. The molecule has 0 aliphatic heterocycles. The minimum atomic E-state index is -0.755. The number of hydrogen-bond acceptors (Lipinski definition) is 8. The Kier molecular flexibility index (Phi) is 5.03. The number of rotatable bonds is 5. The zero-order chi connectivity index (χ0) is 23.2. The highest BCUT2D eigenvalue weighted by Crippen LogP contribution is 2.46. The van der Waals surface area contributed by atoms with Crippen LogP contribution < -0.4 is 4.74 Å². The maximum Gasteiger partial charge on any atom is 0.284 e. The van der Waals surface area contributed by atoms with E-state index in [1.54, 1.807) is 6.07 Å². The predicted octanol–water partition coefficient (Wildman–Crippen LogP) is 5.22. The van der Waals surface area contributed by atoms with E-state index in [0.29, 0.717) is 11.3 Å². The molecule has 0 radical (unpaired) electrons. The van der Waals surface area contributed by atoms with Gasteiger partial charge in [-0.1, -0.05) is 11.6 Å². The third-order valence-electron chi connectivity index (χ3n) is 4.89. The molecule has 4 rings (SSSR count). The monoisotopic (exact) mass is 454 g/mol. The van der Waals surface area contributed by atoms with Gasteiger partial charge in [-0.15, -0.1) is 0 Å². The van der Waals surface area contributed by atoms with Crippen molar-refractivity contribution in [1.29, 1.82) is 0 Å². The molecule has 0 unspecified atom stereocenters. The molecule has 11 nitrogen and oxygen atoms in total. The average Bonchev–Trinajstić information content (AvgIpc) is 3.07. The lowest BCUT2D eigenvalue weighted by Gasteiger charge is -2.06. The Hall–Kier alpha value is -4.38. The largest absolute Gasteiger partial charge is 0.497 e. The number of benzene rings is 3. The molecule has 0 saturated heterocycles. The lowest BCUT2D eigenvalue weighted by atomic mass is 10.0. The summed E-state index contributed by atoms with van der Waals surface area (Å²) in [6.07, 6.45) is 0. The van der Waals surface area contributed by atoms with Gasteiger partial charge in [-0.05, 0) is 23.8 Å². The number of nitro groups is 3. The Balaban J connectivity index is 2.10. The molecule has 0 heterocycles. The molecule has 3 aromatic rings. The highest BCUT2D eigenvalue weighted by Gasteiger charge is 2.36. The lowest BCUT2D eigenvalue weighted by Crippen LogP contribution is -2.01. The maximum atomic E-state index is 11.7. The Morgan fingerprint density at radius 3 is 2.12 bits per heavy atom. The van der Waals surface area contributed by atoms with E-state index < -0.39 is 26.1 Å². The standard InChI is InChI=1S/C20H11ClN4O7/c1-32-12-3-5-16(21)17(9-12)22-20-14-6-10(23(26)27)2-4-13(14)19-15(20)7-11(24(28)29)8-18(19)25(30)31/h2-9H,1H3/b22-20+. The number of aliphatic imine (C=N–C) groups is 1. The zero-order valence-electron chi connectivity index (χ0n) is 16.1. The Labute approximate surface area is 184 Å². The van der Waals surface area contributed by atoms with Gasteiger partial charge in [-0.25, -0.2) is 4.99 Å². The Morgan fingerprint density at radius 1 is 0.812 bits per heavy atom. The van der Waals surface area contributed by atoms with Gasteiger partial charge >= 0.3 is 0 Å². The molecule has 0 spiro atoms. The molecule has 0 N–H and O–H groups in total. The van der Waals surface area contributed by atoms with Crippen molar-refractivity contribution in [3.05, 3.63) is 95.0 Å². The first-order chi connectivity index (χ1) is 15.2. The van der Waals surface area contributed by atoms with Gasteiger partial charge in [0.1, 0.15) is 5.75 Å². The Bertz CT molecular complexity index is 1370. The van der Waals surface area contributed by atoms with Crippen LogP contribution >= 0.6 is 11.6 Å². The number of methoxy groups -OCH3 is 1. The van der Waals surface area contributed by atoms with Crippen molar-refractivity contribution in [2.45, 2.75) is 0 Å². The summed E-state index contributed by atoms with van der Waals surface area (Å²) < 4.78 is 5.17. The summed E-state index contributed by atoms with van der Waals surface area (Å²) in [7, 11) is 1.44. The van der Waals surface area contributed by atoms with Gasteiger partial charge in [-0.2, -0.15) is 0 Å². The topological polar surface area (TPSA) is 151 Å². The van der Waals surface area contributed by atoms with Crippen molar-refractivity contribution in [2.75, 3.05) is 7.11 Å². The number of nitro benzene ring substituents is 3. The van der Waals surface area contributed by atoms with Crippen LogP contribution in [0.15, 0.2) is 53.5 Å². The molecule has 0 atom stereocenters. The first-order valence-electron chi connectivity index (χ1n) is 8.90. The highest BCUT2D eigenvalue weighted by molar-refractivity contribution is 6.34. The number of halogens is 1. The SMILES string of the molecule is COc1ccc(Cl)c(/N=C2\c3cc([N+](=O)[O-])ccc3-c3c2cc([N+](=O)[O-])cc3[N+](=O)[O-])c1. The summed E-state index contributed by atoms with van der Waals surface area (Å²) in [6, 6.07) is 10.4. The van der Waals surface area contributed by atoms with E-state index in [2.05, 4.69) is 4.99 Å². The van der Waals surface area contributed by atoms with Crippen molar-refractivity contribution in [3.63, 3.8) is 0 Å². The number of fused-ring (bicyclic) bond motifs is 3. The van der Waals surface area contributed by atoms with E-state index in [4.69, 9.17) is 16.3 Å². The molecule has 0 bridgehead atoms. The average molecular weight is 455 g/mol. The minimum absolute atomic E-state index is 0.0839. The van der Waals surface area contributed by atoms with Gasteiger partial charge in [0.2, 0.25) is 0 Å². The van der Waals surface area contributed by atoms with Gasteiger partial charge in [0.25, 0.3) is 17.1 Å². The summed E-state index contributed by atoms with van der Waals surface area (Å²) in [5.41, 5.74) is -0.280. The fraction of sp³-hybridized carbons (Fsp3) is 0.0500. The summed E-state index contributed by atoms with van der Waals surface area (Å²) in [4.78, 5) is 36.8. The van der Waals surface area contributed by atoms with Crippen molar-refractivity contribution in [3.8, 4) is 16.9 Å². The van der Waals surface area contributed by atoms with E-state index in [9.17, 15) is 30.3 Å². The molecule has 3 aromatic carbocycles. The van der Waals surface area contributed by atoms with Crippen LogP contribution in [0.2, 0.25) is 5.02 Å². The molecule has 0 amide bonds. The smallest absolute Gasteiger partial charge is 0.284 e. The molecule has 0 fully saturated rings. The molecule has 160 valence electrons. The Morgan fingerprint density at radius 2 is 1.50 bits per heavy atom. The maximum absolute atomic E-state index is 11.7. The third kappa shape index (κ3) is 3.40. The number of non-ortho nitro benzene ring substituents is 2. The summed E-state index contributed by atoms with van der Waals surface area (Å²) in [5.74, 6) is 0.427. The quantitative estimate of drug-likeness (QED) is 0.296. The van der Waals surface area contributed by atoms with E-state index >= 15 is 0 Å². The van der Waals surface area contributed by atoms with Crippen LogP contribution in [-0.4, -0.2) is 27.6 Å². The molecular weight excluding hydrogens is 444 g/mol. The van der Waals surface area contributed by atoms with Crippen molar-refractivity contribution < 1.29 is 19.5 Å². The van der Waals surface area contributed by atoms with Crippen LogP contribution in [0.1, 0.15) is 11.1 Å². The second-order valence-corrected chi connectivity index (χ2v) is 7.07. The summed E-state index contributed by atoms with van der Waals surface area (Å²) >= 11 is 6.24. The van der Waals surface area contributed by atoms with Crippen LogP contribution in [0, 0.1) is 30.3 Å². The molecule has 1 aliphatic carbocycles. The van der Waals surface area contributed by atoms with E-state index in [1.165, 1.54) is 37.4 Å². The normalized spacial score (nSPS) is 12.9. The number of nitrogens with zero attached hydrogens (tertiary/aromatic N) is 4. The highest BCUT2D eigenvalue weighted by atomic mass is 35.5. The summed E-state index contributed by atoms with van der Waals surface area (Å²) in [5, 5.41) is 34.7. The van der Waals surface area contributed by atoms with Crippen LogP contribution in [0.4, 0.5) is 22.7 Å². The van der Waals surface area contributed by atoms with Crippen LogP contribution in [0.3, 0.4) is 0 Å². The molecule has 0 saturated carbocycles. The van der Waals surface area contributed by atoms with Gasteiger partial charge in [0.05, 0.1) is 49.9 Å². The van der Waals surface area contributed by atoms with Gasteiger partial charge < -0.3 is 4.74 Å². The second-order valence-electron chi connectivity index (χ2n) is 6.67. The minimum Gasteiger partial charge on any atom is -0.497 e. The van der Waals surface area contributed by atoms with Crippen LogP contribution in [-0.2, 0) is 0 Å². The fourth-order valence-corrected chi connectivity index (χ4v) is 3.64. The van der Waals surface area contributed by atoms with Crippen molar-refractivity contribution in [2.24, 2.45) is 4.99 Å². The van der Waals surface area contributed by atoms with Gasteiger partial charge in [0, 0.05) is 35.4 Å². The van der Waals surface area contributed by atoms with E-state index in [1.807, 2.05) is 0 Å². The van der Waals surface area contributed by atoms with Gasteiger partial charge in [0.15, 0.2) is 0 Å². The molecular formula is C20H11ClN4O7. The van der Waals surface area contributed by atoms with Crippen molar-refractivity contribution >= 4 is 40.1 Å². The number of hydrogen-bond donors (Lipinski definition) is 0. The molecule has 1 aliphatic rings. The molecule has 0 aromatic heterocycles. The molecule has 12 heteroatoms. The summed E-state index contributed by atoms with van der Waals surface area (Å²) in [6.45, 7) is 0. The first-order valence-corrected chi connectivity index (χ1v) is 9.27. The molecule has 32 heavy (non-hydrogen) atoms. The van der Waals surface area contributed by atoms with Crippen LogP contribution in [0.25, 0.3) is 11.1 Å². The van der Waals surface area contributed by atoms with E-state index in [0.717, 1.165) is 12.1 Å². The van der Waals surface area contributed by atoms with Crippen molar-refractivity contribution in [1.82, 2.24) is 0 Å². The lowest BCUT2D eigenvalue weighted by molar-refractivity contribution is -0.393. The second kappa shape index (κ2) is 7.71. The van der Waals surface area contributed by atoms with E-state index in [-0.39, 0.29) is 38.8 Å². The van der Waals surface area contributed by atoms with Crippen LogP contribution in [0.5, 0.6) is 5.75 Å².